The quantitative estimate of drug-likeness (QED) is 0.492. The van der Waals surface area contributed by atoms with Crippen LogP contribution in [0.3, 0.4) is 0 Å². The minimum absolute atomic E-state index is 0.133. The Kier molecular flexibility index (Phi) is 5.52. The first-order valence-corrected chi connectivity index (χ1v) is 11.2. The Hall–Kier alpha value is -3.58. The van der Waals surface area contributed by atoms with Gasteiger partial charge in [0.25, 0.3) is 15.6 Å². The van der Waals surface area contributed by atoms with E-state index >= 15 is 0 Å². The Balaban J connectivity index is 1.88. The van der Waals surface area contributed by atoms with Gasteiger partial charge in [-0.1, -0.05) is 42.5 Å². The van der Waals surface area contributed by atoms with Crippen molar-refractivity contribution < 1.29 is 13.2 Å². The lowest BCUT2D eigenvalue weighted by Gasteiger charge is -2.26. The van der Waals surface area contributed by atoms with Gasteiger partial charge in [-0.2, -0.15) is 0 Å². The van der Waals surface area contributed by atoms with Gasteiger partial charge in [0, 0.05) is 11.1 Å². The minimum Gasteiger partial charge on any atom is -0.495 e. The van der Waals surface area contributed by atoms with Crippen LogP contribution in [-0.2, 0) is 16.6 Å². The van der Waals surface area contributed by atoms with Crippen molar-refractivity contribution in [2.75, 3.05) is 11.4 Å². The largest absolute Gasteiger partial charge is 0.495 e. The van der Waals surface area contributed by atoms with Gasteiger partial charge >= 0.3 is 0 Å². The molecule has 0 fully saturated rings. The maximum Gasteiger partial charge on any atom is 0.264 e. The standard InChI is InChI=1S/C24H22N2O4S/c1-17-12-13-18-15-19(24(27)25-21(18)14-17)16-26(22-10-6-7-11-23(22)30-2)31(28,29)20-8-4-3-5-9-20/h3-15H,16H2,1-2H3,(H,25,27). The van der Waals surface area contributed by atoms with Crippen LogP contribution in [0.15, 0.2) is 88.6 Å². The lowest BCUT2D eigenvalue weighted by molar-refractivity contribution is 0.415. The summed E-state index contributed by atoms with van der Waals surface area (Å²) in [5, 5.41) is 0.831. The zero-order chi connectivity index (χ0) is 22.0. The van der Waals surface area contributed by atoms with E-state index in [9.17, 15) is 13.2 Å². The Morgan fingerprint density at radius 3 is 2.39 bits per heavy atom. The van der Waals surface area contributed by atoms with E-state index in [0.29, 0.717) is 22.5 Å². The molecule has 0 aliphatic carbocycles. The Morgan fingerprint density at radius 1 is 0.935 bits per heavy atom. The van der Waals surface area contributed by atoms with Crippen LogP contribution in [0.25, 0.3) is 10.9 Å². The van der Waals surface area contributed by atoms with Crippen LogP contribution in [-0.4, -0.2) is 20.5 Å². The van der Waals surface area contributed by atoms with E-state index in [1.54, 1.807) is 48.5 Å². The van der Waals surface area contributed by atoms with E-state index in [-0.39, 0.29) is 17.0 Å². The number of sulfonamides is 1. The van der Waals surface area contributed by atoms with Crippen molar-refractivity contribution in [2.45, 2.75) is 18.4 Å². The highest BCUT2D eigenvalue weighted by molar-refractivity contribution is 7.92. The van der Waals surface area contributed by atoms with E-state index < -0.39 is 10.0 Å². The second kappa shape index (κ2) is 8.28. The second-order valence-corrected chi connectivity index (χ2v) is 9.07. The molecule has 0 saturated heterocycles. The summed E-state index contributed by atoms with van der Waals surface area (Å²) in [5.74, 6) is 0.398. The molecule has 0 aliphatic rings. The number of aromatic amines is 1. The van der Waals surface area contributed by atoms with Crippen molar-refractivity contribution in [3.05, 3.63) is 100 Å². The van der Waals surface area contributed by atoms with Gasteiger partial charge in [0.15, 0.2) is 0 Å². The molecule has 0 bridgehead atoms. The number of para-hydroxylation sites is 2. The second-order valence-electron chi connectivity index (χ2n) is 7.21. The molecule has 0 radical (unpaired) electrons. The lowest BCUT2D eigenvalue weighted by Crippen LogP contribution is -2.33. The maximum absolute atomic E-state index is 13.6. The van der Waals surface area contributed by atoms with Crippen LogP contribution >= 0.6 is 0 Å². The summed E-state index contributed by atoms with van der Waals surface area (Å²) in [4.78, 5) is 15.8. The van der Waals surface area contributed by atoms with Gasteiger partial charge in [0.1, 0.15) is 5.75 Å². The summed E-state index contributed by atoms with van der Waals surface area (Å²) in [5.41, 5.74) is 2.10. The fraction of sp³-hybridized carbons (Fsp3) is 0.125. The first kappa shape index (κ1) is 20.7. The highest BCUT2D eigenvalue weighted by Crippen LogP contribution is 2.33. The molecule has 7 heteroatoms. The molecule has 0 aliphatic heterocycles. The van der Waals surface area contributed by atoms with Gasteiger partial charge in [0.05, 0.1) is 24.2 Å². The number of rotatable bonds is 6. The van der Waals surface area contributed by atoms with E-state index in [2.05, 4.69) is 4.98 Å². The molecule has 0 spiro atoms. The van der Waals surface area contributed by atoms with Crippen LogP contribution in [0.5, 0.6) is 5.75 Å². The third-order valence-corrected chi connectivity index (χ3v) is 6.85. The molecule has 158 valence electrons. The fourth-order valence-electron chi connectivity index (χ4n) is 3.49. The zero-order valence-electron chi connectivity index (χ0n) is 17.2. The molecule has 1 N–H and O–H groups in total. The van der Waals surface area contributed by atoms with Crippen LogP contribution < -0.4 is 14.6 Å². The summed E-state index contributed by atoms with van der Waals surface area (Å²) in [6.45, 7) is 1.80. The number of hydrogen-bond acceptors (Lipinski definition) is 4. The van der Waals surface area contributed by atoms with Crippen molar-refractivity contribution in [1.29, 1.82) is 0 Å². The number of anilines is 1. The smallest absolute Gasteiger partial charge is 0.264 e. The first-order chi connectivity index (χ1) is 14.9. The molecule has 4 aromatic rings. The number of H-pyrrole nitrogens is 1. The molecule has 0 amide bonds. The number of nitrogens with zero attached hydrogens (tertiary/aromatic N) is 1. The predicted octanol–water partition coefficient (Wildman–Crippen LogP) is 4.24. The number of pyridine rings is 1. The lowest BCUT2D eigenvalue weighted by atomic mass is 10.1. The SMILES string of the molecule is COc1ccccc1N(Cc1cc2ccc(C)cc2[nH]c1=O)S(=O)(=O)c1ccccc1. The molecule has 0 unspecified atom stereocenters. The summed E-state index contributed by atoms with van der Waals surface area (Å²) in [7, 11) is -2.48. The molecule has 1 aromatic heterocycles. The molecule has 31 heavy (non-hydrogen) atoms. The van der Waals surface area contributed by atoms with Crippen molar-refractivity contribution in [3.63, 3.8) is 0 Å². The van der Waals surface area contributed by atoms with E-state index in [1.807, 2.05) is 25.1 Å². The van der Waals surface area contributed by atoms with E-state index in [4.69, 9.17) is 4.74 Å². The monoisotopic (exact) mass is 434 g/mol. The molecule has 0 atom stereocenters. The summed E-state index contributed by atoms with van der Waals surface area (Å²) < 4.78 is 33.8. The third-order valence-electron chi connectivity index (χ3n) is 5.08. The number of aryl methyl sites for hydroxylation is 1. The van der Waals surface area contributed by atoms with Crippen LogP contribution in [0.1, 0.15) is 11.1 Å². The number of hydrogen-bond donors (Lipinski definition) is 1. The normalized spacial score (nSPS) is 11.4. The average Bonchev–Trinajstić information content (AvgIpc) is 2.78. The summed E-state index contributed by atoms with van der Waals surface area (Å²) in [6.07, 6.45) is 0. The number of fused-ring (bicyclic) bond motifs is 1. The third kappa shape index (κ3) is 4.04. The van der Waals surface area contributed by atoms with E-state index in [1.165, 1.54) is 23.5 Å². The van der Waals surface area contributed by atoms with Gasteiger partial charge in [-0.15, -0.1) is 0 Å². The Labute approximate surface area is 180 Å². The highest BCUT2D eigenvalue weighted by atomic mass is 32.2. The van der Waals surface area contributed by atoms with Gasteiger partial charge in [-0.25, -0.2) is 8.42 Å². The molecule has 6 nitrogen and oxygen atoms in total. The maximum atomic E-state index is 13.6. The molecule has 4 rings (SSSR count). The topological polar surface area (TPSA) is 79.5 Å². The van der Waals surface area contributed by atoms with Crippen LogP contribution in [0.2, 0.25) is 0 Å². The van der Waals surface area contributed by atoms with Crippen molar-refractivity contribution in [3.8, 4) is 5.75 Å². The van der Waals surface area contributed by atoms with Crippen LogP contribution in [0, 0.1) is 6.92 Å². The van der Waals surface area contributed by atoms with Gasteiger partial charge in [-0.05, 0) is 54.3 Å². The first-order valence-electron chi connectivity index (χ1n) is 9.73. The predicted molar refractivity (Wildman–Crippen MR) is 122 cm³/mol. The van der Waals surface area contributed by atoms with Crippen molar-refractivity contribution in [1.82, 2.24) is 4.98 Å². The van der Waals surface area contributed by atoms with E-state index in [0.717, 1.165) is 10.9 Å². The van der Waals surface area contributed by atoms with Gasteiger partial charge in [-0.3, -0.25) is 9.10 Å². The van der Waals surface area contributed by atoms with Crippen molar-refractivity contribution in [2.24, 2.45) is 0 Å². The number of methoxy groups -OCH3 is 1. The van der Waals surface area contributed by atoms with Crippen LogP contribution in [0.4, 0.5) is 5.69 Å². The molecule has 3 aromatic carbocycles. The number of aromatic nitrogens is 1. The fourth-order valence-corrected chi connectivity index (χ4v) is 4.96. The Bertz CT molecular complexity index is 1400. The molecular formula is C24H22N2O4S. The Morgan fingerprint density at radius 2 is 1.65 bits per heavy atom. The average molecular weight is 435 g/mol. The molecule has 1 heterocycles. The van der Waals surface area contributed by atoms with Crippen molar-refractivity contribution >= 4 is 26.6 Å². The molecular weight excluding hydrogens is 412 g/mol. The number of benzene rings is 3. The number of nitrogens with one attached hydrogen (secondary N) is 1. The summed E-state index contributed by atoms with van der Waals surface area (Å²) in [6, 6.07) is 22.5. The number of ether oxygens (including phenoxy) is 1. The zero-order valence-corrected chi connectivity index (χ0v) is 18.0. The van der Waals surface area contributed by atoms with Gasteiger partial charge < -0.3 is 9.72 Å². The minimum atomic E-state index is -3.96. The summed E-state index contributed by atoms with van der Waals surface area (Å²) >= 11 is 0. The molecule has 0 saturated carbocycles. The highest BCUT2D eigenvalue weighted by Gasteiger charge is 2.28. The van der Waals surface area contributed by atoms with Gasteiger partial charge in [0.2, 0.25) is 0 Å².